The topological polar surface area (TPSA) is 66.9 Å². The first-order chi connectivity index (χ1) is 12.7. The van der Waals surface area contributed by atoms with E-state index in [1.54, 1.807) is 4.90 Å². The lowest BCUT2D eigenvalue weighted by Crippen LogP contribution is -2.51. The quantitative estimate of drug-likeness (QED) is 0.789. The van der Waals surface area contributed by atoms with Crippen LogP contribution in [0.25, 0.3) is 0 Å². The fourth-order valence-corrected chi connectivity index (χ4v) is 6.45. The summed E-state index contributed by atoms with van der Waals surface area (Å²) in [7, 11) is -3.74. The molecule has 27 heavy (non-hydrogen) atoms. The zero-order valence-electron chi connectivity index (χ0n) is 17.0. The minimum Gasteiger partial charge on any atom is -0.378 e. The number of carbonyl (C=O) groups excluding carboxylic acids is 1. The molecule has 1 aromatic carbocycles. The Morgan fingerprint density at radius 1 is 0.889 bits per heavy atom. The Hall–Kier alpha value is -1.44. The first-order valence-electron chi connectivity index (χ1n) is 9.63. The highest BCUT2D eigenvalue weighted by Gasteiger charge is 2.42. The molecule has 0 radical (unpaired) electrons. The maximum Gasteiger partial charge on any atom is 0.244 e. The molecule has 1 aromatic rings. The molecule has 7 heteroatoms. The van der Waals surface area contributed by atoms with Crippen LogP contribution in [0.4, 0.5) is 0 Å². The molecular weight excluding hydrogens is 364 g/mol. The van der Waals surface area contributed by atoms with E-state index in [4.69, 9.17) is 4.74 Å². The molecule has 2 saturated heterocycles. The van der Waals surface area contributed by atoms with E-state index < -0.39 is 16.1 Å². The summed E-state index contributed by atoms with van der Waals surface area (Å²) < 4.78 is 34.0. The van der Waals surface area contributed by atoms with E-state index in [0.29, 0.717) is 50.6 Å². The Balaban J connectivity index is 2.01. The lowest BCUT2D eigenvalue weighted by atomic mass is 9.95. The van der Waals surface area contributed by atoms with Gasteiger partial charge in [0.05, 0.1) is 18.1 Å². The van der Waals surface area contributed by atoms with Crippen LogP contribution in [-0.4, -0.2) is 62.4 Å². The summed E-state index contributed by atoms with van der Waals surface area (Å²) in [6.07, 6.45) is 1.29. The second-order valence-corrected chi connectivity index (χ2v) is 9.49. The van der Waals surface area contributed by atoms with Crippen molar-refractivity contribution in [3.8, 4) is 0 Å². The molecule has 0 N–H and O–H groups in total. The van der Waals surface area contributed by atoms with Crippen LogP contribution in [0.15, 0.2) is 4.90 Å². The Labute approximate surface area is 162 Å². The van der Waals surface area contributed by atoms with Gasteiger partial charge in [0, 0.05) is 19.6 Å². The largest absolute Gasteiger partial charge is 0.378 e. The number of morpholine rings is 1. The monoisotopic (exact) mass is 394 g/mol. The zero-order valence-corrected chi connectivity index (χ0v) is 17.8. The lowest BCUT2D eigenvalue weighted by molar-refractivity contribution is -0.138. The molecule has 2 aliphatic heterocycles. The highest BCUT2D eigenvalue weighted by atomic mass is 32.2. The number of hydrogen-bond acceptors (Lipinski definition) is 4. The van der Waals surface area contributed by atoms with Gasteiger partial charge >= 0.3 is 0 Å². The Bertz CT molecular complexity index is 828. The molecule has 2 aliphatic rings. The van der Waals surface area contributed by atoms with E-state index in [-0.39, 0.29) is 5.91 Å². The number of amides is 1. The molecule has 1 amide bonds. The van der Waals surface area contributed by atoms with Crippen LogP contribution < -0.4 is 0 Å². The molecule has 0 aromatic heterocycles. The van der Waals surface area contributed by atoms with Gasteiger partial charge in [-0.1, -0.05) is 0 Å². The molecule has 0 saturated carbocycles. The number of rotatable bonds is 3. The Kier molecular flexibility index (Phi) is 5.66. The van der Waals surface area contributed by atoms with Gasteiger partial charge in [0.25, 0.3) is 0 Å². The summed E-state index contributed by atoms with van der Waals surface area (Å²) >= 11 is 0. The van der Waals surface area contributed by atoms with Crippen molar-refractivity contribution in [2.24, 2.45) is 0 Å². The van der Waals surface area contributed by atoms with Gasteiger partial charge in [-0.3, -0.25) is 4.79 Å². The van der Waals surface area contributed by atoms with E-state index in [2.05, 4.69) is 0 Å². The summed E-state index contributed by atoms with van der Waals surface area (Å²) in [5.41, 5.74) is 4.73. The van der Waals surface area contributed by atoms with Crippen LogP contribution in [0, 0.1) is 34.6 Å². The van der Waals surface area contributed by atoms with Gasteiger partial charge in [-0.25, -0.2) is 8.42 Å². The minimum absolute atomic E-state index is 0.0877. The molecule has 0 aliphatic carbocycles. The van der Waals surface area contributed by atoms with Crippen molar-refractivity contribution in [1.29, 1.82) is 0 Å². The minimum atomic E-state index is -3.74. The standard InChI is InChI=1S/C20H30N2O4S/c1-13-14(2)16(4)19(17(5)15(13)3)27(24,25)22-8-6-7-18(22)20(23)21-9-11-26-12-10-21/h18H,6-12H2,1-5H3. The molecule has 6 nitrogen and oxygen atoms in total. The summed E-state index contributed by atoms with van der Waals surface area (Å²) in [5, 5.41) is 0. The highest BCUT2D eigenvalue weighted by molar-refractivity contribution is 7.89. The molecule has 3 rings (SSSR count). The number of benzene rings is 1. The average Bonchev–Trinajstić information content (AvgIpc) is 3.15. The van der Waals surface area contributed by atoms with Gasteiger partial charge in [0.15, 0.2) is 0 Å². The van der Waals surface area contributed by atoms with Gasteiger partial charge in [-0.05, 0) is 75.3 Å². The average molecular weight is 395 g/mol. The second-order valence-electron chi connectivity index (χ2n) is 7.67. The van der Waals surface area contributed by atoms with E-state index in [9.17, 15) is 13.2 Å². The van der Waals surface area contributed by atoms with Gasteiger partial charge in [0.2, 0.25) is 15.9 Å². The lowest BCUT2D eigenvalue weighted by Gasteiger charge is -2.33. The van der Waals surface area contributed by atoms with E-state index in [1.165, 1.54) is 4.31 Å². The third-order valence-electron chi connectivity index (χ3n) is 6.31. The third-order valence-corrected chi connectivity index (χ3v) is 8.49. The van der Waals surface area contributed by atoms with Crippen LogP contribution >= 0.6 is 0 Å². The number of sulfonamides is 1. The van der Waals surface area contributed by atoms with Gasteiger partial charge < -0.3 is 9.64 Å². The molecule has 2 heterocycles. The number of carbonyl (C=O) groups is 1. The zero-order chi connectivity index (χ0) is 19.9. The predicted octanol–water partition coefficient (Wildman–Crippen LogP) is 2.24. The van der Waals surface area contributed by atoms with Crippen LogP contribution in [0.3, 0.4) is 0 Å². The molecule has 0 bridgehead atoms. The normalized spacial score (nSPS) is 21.7. The maximum atomic E-state index is 13.6. The predicted molar refractivity (Wildman–Crippen MR) is 104 cm³/mol. The van der Waals surface area contributed by atoms with Crippen molar-refractivity contribution in [2.45, 2.75) is 58.4 Å². The van der Waals surface area contributed by atoms with Crippen molar-refractivity contribution >= 4 is 15.9 Å². The first kappa shape index (κ1) is 20.3. The van der Waals surface area contributed by atoms with Crippen molar-refractivity contribution in [2.75, 3.05) is 32.8 Å². The summed E-state index contributed by atoms with van der Waals surface area (Å²) in [6.45, 7) is 12.2. The van der Waals surface area contributed by atoms with Crippen molar-refractivity contribution < 1.29 is 17.9 Å². The molecule has 0 spiro atoms. The fraction of sp³-hybridized carbons (Fsp3) is 0.650. The maximum absolute atomic E-state index is 13.6. The van der Waals surface area contributed by atoms with Gasteiger partial charge in [-0.15, -0.1) is 0 Å². The number of hydrogen-bond donors (Lipinski definition) is 0. The van der Waals surface area contributed by atoms with Crippen LogP contribution in [0.5, 0.6) is 0 Å². The SMILES string of the molecule is Cc1c(C)c(C)c(S(=O)(=O)N2CCCC2C(=O)N2CCOCC2)c(C)c1C. The van der Waals surface area contributed by atoms with Gasteiger partial charge in [-0.2, -0.15) is 4.31 Å². The van der Waals surface area contributed by atoms with Crippen molar-refractivity contribution in [1.82, 2.24) is 9.21 Å². The fourth-order valence-electron chi connectivity index (χ4n) is 4.24. The summed E-state index contributed by atoms with van der Waals surface area (Å²) in [6, 6.07) is -0.603. The molecule has 150 valence electrons. The molecular formula is C20H30N2O4S. The Morgan fingerprint density at radius 3 is 1.96 bits per heavy atom. The molecule has 1 unspecified atom stereocenters. The number of nitrogens with zero attached hydrogens (tertiary/aromatic N) is 2. The van der Waals surface area contributed by atoms with Crippen LogP contribution in [0.2, 0.25) is 0 Å². The molecule has 2 fully saturated rings. The van der Waals surface area contributed by atoms with Gasteiger partial charge in [0.1, 0.15) is 6.04 Å². The van der Waals surface area contributed by atoms with E-state index >= 15 is 0 Å². The van der Waals surface area contributed by atoms with E-state index in [1.807, 2.05) is 34.6 Å². The first-order valence-corrected chi connectivity index (χ1v) is 11.1. The van der Waals surface area contributed by atoms with Crippen LogP contribution in [-0.2, 0) is 19.6 Å². The summed E-state index contributed by atoms with van der Waals surface area (Å²) in [5.74, 6) is -0.0877. The number of ether oxygens (including phenoxy) is 1. The highest BCUT2D eigenvalue weighted by Crippen LogP contribution is 2.35. The van der Waals surface area contributed by atoms with E-state index in [0.717, 1.165) is 27.8 Å². The second kappa shape index (κ2) is 7.53. The van der Waals surface area contributed by atoms with Crippen LogP contribution in [0.1, 0.15) is 40.7 Å². The Morgan fingerprint density at radius 2 is 1.41 bits per heavy atom. The summed E-state index contributed by atoms with van der Waals surface area (Å²) in [4.78, 5) is 15.1. The third kappa shape index (κ3) is 3.41. The van der Waals surface area contributed by atoms with Crippen molar-refractivity contribution in [3.63, 3.8) is 0 Å². The molecule has 1 atom stereocenters. The smallest absolute Gasteiger partial charge is 0.244 e. The van der Waals surface area contributed by atoms with Crippen molar-refractivity contribution in [3.05, 3.63) is 27.8 Å².